The lowest BCUT2D eigenvalue weighted by Crippen LogP contribution is -2.39. The minimum atomic E-state index is -3.44. The SMILES string of the molecule is CCCNc1cc(S(=O)(=O)N2C(C)CCC2CC)ccn1. The second-order valence-electron chi connectivity index (χ2n) is 5.63. The molecule has 118 valence electrons. The van der Waals surface area contributed by atoms with Gasteiger partial charge in [0.15, 0.2) is 0 Å². The first-order valence-electron chi connectivity index (χ1n) is 7.74. The molecule has 1 aromatic rings. The van der Waals surface area contributed by atoms with Crippen LogP contribution in [0.2, 0.25) is 0 Å². The van der Waals surface area contributed by atoms with Crippen LogP contribution in [0.5, 0.6) is 0 Å². The topological polar surface area (TPSA) is 62.3 Å². The number of aromatic nitrogens is 1. The normalized spacial score (nSPS) is 23.4. The van der Waals surface area contributed by atoms with Gasteiger partial charge < -0.3 is 5.32 Å². The number of sulfonamides is 1. The summed E-state index contributed by atoms with van der Waals surface area (Å²) in [7, 11) is -3.44. The van der Waals surface area contributed by atoms with E-state index in [2.05, 4.69) is 17.2 Å². The molecule has 0 radical (unpaired) electrons. The second-order valence-corrected chi connectivity index (χ2v) is 7.47. The monoisotopic (exact) mass is 311 g/mol. The van der Waals surface area contributed by atoms with E-state index in [-0.39, 0.29) is 12.1 Å². The molecule has 2 rings (SSSR count). The third-order valence-corrected chi connectivity index (χ3v) is 6.11. The fourth-order valence-electron chi connectivity index (χ4n) is 2.91. The fourth-order valence-corrected chi connectivity index (χ4v) is 4.87. The van der Waals surface area contributed by atoms with Crippen LogP contribution in [-0.4, -0.2) is 36.3 Å². The summed E-state index contributed by atoms with van der Waals surface area (Å²) < 4.78 is 27.5. The molecule has 1 N–H and O–H groups in total. The van der Waals surface area contributed by atoms with Gasteiger partial charge in [-0.1, -0.05) is 13.8 Å². The first-order chi connectivity index (χ1) is 10.0. The molecule has 2 atom stereocenters. The number of rotatable bonds is 6. The van der Waals surface area contributed by atoms with Gasteiger partial charge in [0.25, 0.3) is 0 Å². The quantitative estimate of drug-likeness (QED) is 0.877. The highest BCUT2D eigenvalue weighted by Gasteiger charge is 2.39. The van der Waals surface area contributed by atoms with Crippen molar-refractivity contribution in [3.8, 4) is 0 Å². The van der Waals surface area contributed by atoms with Gasteiger partial charge in [0, 0.05) is 30.9 Å². The molecule has 1 saturated heterocycles. The van der Waals surface area contributed by atoms with E-state index >= 15 is 0 Å². The first kappa shape index (κ1) is 16.2. The maximum atomic E-state index is 12.9. The number of nitrogens with one attached hydrogen (secondary N) is 1. The van der Waals surface area contributed by atoms with Crippen LogP contribution in [0.4, 0.5) is 5.82 Å². The molecule has 2 heterocycles. The lowest BCUT2D eigenvalue weighted by molar-refractivity contribution is 0.328. The summed E-state index contributed by atoms with van der Waals surface area (Å²) in [5, 5.41) is 3.14. The van der Waals surface area contributed by atoms with Gasteiger partial charge >= 0.3 is 0 Å². The molecular formula is C15H25N3O2S. The van der Waals surface area contributed by atoms with Crippen LogP contribution in [0.15, 0.2) is 23.2 Å². The number of hydrogen-bond donors (Lipinski definition) is 1. The Bertz CT molecular complexity index is 574. The number of anilines is 1. The average Bonchev–Trinajstić information content (AvgIpc) is 2.87. The van der Waals surface area contributed by atoms with Crippen molar-refractivity contribution in [1.82, 2.24) is 9.29 Å². The number of pyridine rings is 1. The standard InChI is InChI=1S/C15H25N3O2S/c1-4-9-16-15-11-14(8-10-17-15)21(19,20)18-12(3)6-7-13(18)5-2/h8,10-13H,4-7,9H2,1-3H3,(H,16,17). The molecule has 1 aliphatic rings. The minimum absolute atomic E-state index is 0.0696. The Hall–Kier alpha value is -1.14. The Morgan fingerprint density at radius 2 is 2.14 bits per heavy atom. The molecule has 0 saturated carbocycles. The van der Waals surface area contributed by atoms with E-state index in [9.17, 15) is 8.42 Å². The highest BCUT2D eigenvalue weighted by atomic mass is 32.2. The molecule has 2 unspecified atom stereocenters. The maximum absolute atomic E-state index is 12.9. The number of hydrogen-bond acceptors (Lipinski definition) is 4. The fraction of sp³-hybridized carbons (Fsp3) is 0.667. The van der Waals surface area contributed by atoms with E-state index < -0.39 is 10.0 Å². The van der Waals surface area contributed by atoms with Gasteiger partial charge in [0.1, 0.15) is 5.82 Å². The Kier molecular flexibility index (Phi) is 5.22. The van der Waals surface area contributed by atoms with Crippen LogP contribution in [0.25, 0.3) is 0 Å². The van der Waals surface area contributed by atoms with Crippen molar-refractivity contribution in [2.45, 2.75) is 63.4 Å². The number of nitrogens with zero attached hydrogens (tertiary/aromatic N) is 2. The molecule has 0 bridgehead atoms. The molecule has 6 heteroatoms. The van der Waals surface area contributed by atoms with Crippen molar-refractivity contribution in [3.05, 3.63) is 18.3 Å². The molecule has 0 amide bonds. The highest BCUT2D eigenvalue weighted by Crippen LogP contribution is 2.32. The van der Waals surface area contributed by atoms with Crippen LogP contribution >= 0.6 is 0 Å². The van der Waals surface area contributed by atoms with Gasteiger partial charge in [0.05, 0.1) is 4.90 Å². The predicted octanol–water partition coefficient (Wildman–Crippen LogP) is 2.86. The largest absolute Gasteiger partial charge is 0.370 e. The van der Waals surface area contributed by atoms with Crippen molar-refractivity contribution >= 4 is 15.8 Å². The van der Waals surface area contributed by atoms with Gasteiger partial charge in [-0.25, -0.2) is 13.4 Å². The third kappa shape index (κ3) is 3.37. The lowest BCUT2D eigenvalue weighted by Gasteiger charge is -2.27. The van der Waals surface area contributed by atoms with Gasteiger partial charge in [0.2, 0.25) is 10.0 Å². The summed E-state index contributed by atoms with van der Waals surface area (Å²) >= 11 is 0. The summed E-state index contributed by atoms with van der Waals surface area (Å²) in [4.78, 5) is 4.52. The first-order valence-corrected chi connectivity index (χ1v) is 9.18. The lowest BCUT2D eigenvalue weighted by atomic mass is 10.2. The Morgan fingerprint density at radius 1 is 1.38 bits per heavy atom. The van der Waals surface area contributed by atoms with E-state index in [0.717, 1.165) is 32.2 Å². The minimum Gasteiger partial charge on any atom is -0.370 e. The van der Waals surface area contributed by atoms with Gasteiger partial charge in [-0.15, -0.1) is 0 Å². The Balaban J connectivity index is 2.30. The van der Waals surface area contributed by atoms with Crippen LogP contribution in [0.1, 0.15) is 46.5 Å². The summed E-state index contributed by atoms with van der Waals surface area (Å²) in [6.07, 6.45) is 5.27. The van der Waals surface area contributed by atoms with E-state index in [0.29, 0.717) is 10.7 Å². The molecule has 21 heavy (non-hydrogen) atoms. The summed E-state index contributed by atoms with van der Waals surface area (Å²) in [5.74, 6) is 0.623. The second kappa shape index (κ2) is 6.75. The average molecular weight is 311 g/mol. The van der Waals surface area contributed by atoms with Crippen LogP contribution < -0.4 is 5.32 Å². The zero-order chi connectivity index (χ0) is 15.5. The van der Waals surface area contributed by atoms with Gasteiger partial charge in [-0.2, -0.15) is 4.31 Å². The smallest absolute Gasteiger partial charge is 0.243 e. The van der Waals surface area contributed by atoms with Crippen LogP contribution in [0.3, 0.4) is 0 Å². The molecule has 0 spiro atoms. The third-order valence-electron chi connectivity index (χ3n) is 4.05. The zero-order valence-electron chi connectivity index (χ0n) is 13.0. The van der Waals surface area contributed by atoms with Gasteiger partial charge in [-0.05, 0) is 38.7 Å². The highest BCUT2D eigenvalue weighted by molar-refractivity contribution is 7.89. The van der Waals surface area contributed by atoms with E-state index in [1.54, 1.807) is 22.6 Å². The molecule has 5 nitrogen and oxygen atoms in total. The molecular weight excluding hydrogens is 286 g/mol. The Morgan fingerprint density at radius 3 is 2.81 bits per heavy atom. The molecule has 0 aromatic carbocycles. The Labute approximate surface area is 127 Å². The van der Waals surface area contributed by atoms with Crippen molar-refractivity contribution in [2.75, 3.05) is 11.9 Å². The summed E-state index contributed by atoms with van der Waals surface area (Å²) in [5.41, 5.74) is 0. The molecule has 1 aliphatic heterocycles. The molecule has 1 fully saturated rings. The van der Waals surface area contributed by atoms with Crippen LogP contribution in [-0.2, 0) is 10.0 Å². The molecule has 0 aliphatic carbocycles. The summed E-state index contributed by atoms with van der Waals surface area (Å²) in [6, 6.07) is 3.41. The van der Waals surface area contributed by atoms with E-state index in [4.69, 9.17) is 0 Å². The van der Waals surface area contributed by atoms with E-state index in [1.807, 2.05) is 13.8 Å². The van der Waals surface area contributed by atoms with E-state index in [1.165, 1.54) is 0 Å². The van der Waals surface area contributed by atoms with Crippen LogP contribution in [0, 0.1) is 0 Å². The zero-order valence-corrected chi connectivity index (χ0v) is 13.9. The molecule has 1 aromatic heterocycles. The summed E-state index contributed by atoms with van der Waals surface area (Å²) in [6.45, 7) is 6.89. The van der Waals surface area contributed by atoms with Crippen molar-refractivity contribution in [3.63, 3.8) is 0 Å². The predicted molar refractivity (Wildman–Crippen MR) is 84.8 cm³/mol. The van der Waals surface area contributed by atoms with Crippen molar-refractivity contribution in [2.24, 2.45) is 0 Å². The van der Waals surface area contributed by atoms with Crippen molar-refractivity contribution < 1.29 is 8.42 Å². The maximum Gasteiger partial charge on any atom is 0.243 e. The van der Waals surface area contributed by atoms with Gasteiger partial charge in [-0.3, -0.25) is 0 Å². The van der Waals surface area contributed by atoms with Crippen molar-refractivity contribution in [1.29, 1.82) is 0 Å².